The number of halogens is 1. The van der Waals surface area contributed by atoms with Crippen molar-refractivity contribution in [1.82, 2.24) is 5.32 Å². The molecule has 0 unspecified atom stereocenters. The summed E-state index contributed by atoms with van der Waals surface area (Å²) in [6.07, 6.45) is 0.488. The van der Waals surface area contributed by atoms with E-state index in [2.05, 4.69) is 21.2 Å². The molecule has 0 fully saturated rings. The maximum absolute atomic E-state index is 13.7. The summed E-state index contributed by atoms with van der Waals surface area (Å²) >= 11 is 5.20. The van der Waals surface area contributed by atoms with Crippen LogP contribution in [0, 0.1) is 11.8 Å². The molecular formula is C25H30BrNO6S. The molecular weight excluding hydrogens is 522 g/mol. The van der Waals surface area contributed by atoms with Crippen LogP contribution < -0.4 is 10.1 Å². The molecule has 0 amide bonds. The summed E-state index contributed by atoms with van der Waals surface area (Å²) in [7, 11) is 2.85. The van der Waals surface area contributed by atoms with Crippen LogP contribution in [-0.2, 0) is 23.9 Å². The van der Waals surface area contributed by atoms with Crippen molar-refractivity contribution in [2.75, 3.05) is 32.3 Å². The largest absolute Gasteiger partial charge is 0.496 e. The van der Waals surface area contributed by atoms with Gasteiger partial charge < -0.3 is 19.5 Å². The van der Waals surface area contributed by atoms with Crippen molar-refractivity contribution in [3.63, 3.8) is 0 Å². The van der Waals surface area contributed by atoms with E-state index in [4.69, 9.17) is 14.2 Å². The molecule has 0 bridgehead atoms. The summed E-state index contributed by atoms with van der Waals surface area (Å²) in [4.78, 5) is 39.5. The molecule has 3 rings (SSSR count). The average Bonchev–Trinajstić information content (AvgIpc) is 2.80. The van der Waals surface area contributed by atoms with Gasteiger partial charge in [0.15, 0.2) is 5.78 Å². The highest BCUT2D eigenvalue weighted by molar-refractivity contribution is 9.10. The Morgan fingerprint density at radius 2 is 2.00 bits per heavy atom. The van der Waals surface area contributed by atoms with Crippen LogP contribution in [0.2, 0.25) is 0 Å². The third-order valence-corrected chi connectivity index (χ3v) is 7.62. The van der Waals surface area contributed by atoms with Gasteiger partial charge in [-0.1, -0.05) is 19.9 Å². The summed E-state index contributed by atoms with van der Waals surface area (Å²) in [5.74, 6) is -0.965. The lowest BCUT2D eigenvalue weighted by Crippen LogP contribution is -2.43. The van der Waals surface area contributed by atoms with Crippen molar-refractivity contribution in [3.05, 3.63) is 50.8 Å². The van der Waals surface area contributed by atoms with Gasteiger partial charge >= 0.3 is 11.9 Å². The lowest BCUT2D eigenvalue weighted by molar-refractivity contribution is -0.151. The number of hydrogen-bond acceptors (Lipinski definition) is 8. The van der Waals surface area contributed by atoms with Gasteiger partial charge in [-0.05, 0) is 58.6 Å². The first-order valence-corrected chi connectivity index (χ1v) is 13.1. The Morgan fingerprint density at radius 3 is 2.62 bits per heavy atom. The number of Topliss-reactive ketones (excluding diaryl/α,β-unsaturated/α-hetero) is 1. The van der Waals surface area contributed by atoms with E-state index < -0.39 is 23.8 Å². The quantitative estimate of drug-likeness (QED) is 0.289. The topological polar surface area (TPSA) is 90.9 Å². The van der Waals surface area contributed by atoms with Gasteiger partial charge in [0, 0.05) is 28.6 Å². The second kappa shape index (κ2) is 11.4. The van der Waals surface area contributed by atoms with Gasteiger partial charge in [-0.2, -0.15) is 11.8 Å². The highest BCUT2D eigenvalue weighted by Gasteiger charge is 2.47. The van der Waals surface area contributed by atoms with Crippen LogP contribution in [0.1, 0.15) is 38.7 Å². The third kappa shape index (κ3) is 5.20. The lowest BCUT2D eigenvalue weighted by Gasteiger charge is -2.38. The Balaban J connectivity index is 2.11. The van der Waals surface area contributed by atoms with Crippen molar-refractivity contribution >= 4 is 45.4 Å². The fourth-order valence-corrected chi connectivity index (χ4v) is 5.61. The SMILES string of the molecule is CCSCCOC(=O)C1=C(C)NC2=C(C(=O)[C@H](C(=O)OC)[C@@H](C)C2)[C@@H]1c1ccc(OC)c(Br)c1. The van der Waals surface area contributed by atoms with E-state index in [1.165, 1.54) is 7.11 Å². The number of nitrogens with one attached hydrogen (secondary N) is 1. The van der Waals surface area contributed by atoms with Crippen LogP contribution >= 0.6 is 27.7 Å². The monoisotopic (exact) mass is 551 g/mol. The van der Waals surface area contributed by atoms with Gasteiger partial charge in [0.05, 0.1) is 24.3 Å². The van der Waals surface area contributed by atoms with Crippen LogP contribution in [0.15, 0.2) is 45.2 Å². The minimum atomic E-state index is -0.925. The number of dihydropyridines is 1. The molecule has 1 aliphatic heterocycles. The average molecular weight is 552 g/mol. The first kappa shape index (κ1) is 26.3. The lowest BCUT2D eigenvalue weighted by atomic mass is 9.69. The first-order chi connectivity index (χ1) is 16.2. The highest BCUT2D eigenvalue weighted by Crippen LogP contribution is 2.46. The molecule has 0 aromatic heterocycles. The minimum absolute atomic E-state index is 0.234. The molecule has 1 aromatic rings. The van der Waals surface area contributed by atoms with E-state index in [0.29, 0.717) is 39.2 Å². The smallest absolute Gasteiger partial charge is 0.336 e. The number of benzene rings is 1. The number of methoxy groups -OCH3 is 2. The number of carbonyl (C=O) groups is 3. The number of esters is 2. The second-order valence-corrected chi connectivity index (χ2v) is 10.5. The maximum Gasteiger partial charge on any atom is 0.336 e. The third-order valence-electron chi connectivity index (χ3n) is 6.14. The molecule has 1 heterocycles. The Morgan fingerprint density at radius 1 is 1.26 bits per heavy atom. The molecule has 0 saturated heterocycles. The zero-order valence-electron chi connectivity index (χ0n) is 20.0. The highest BCUT2D eigenvalue weighted by atomic mass is 79.9. The Kier molecular flexibility index (Phi) is 8.87. The van der Waals surface area contributed by atoms with Crippen molar-refractivity contribution in [1.29, 1.82) is 0 Å². The molecule has 0 spiro atoms. The van der Waals surface area contributed by atoms with Crippen molar-refractivity contribution in [3.8, 4) is 5.75 Å². The van der Waals surface area contributed by atoms with Crippen LogP contribution in [0.4, 0.5) is 0 Å². The number of thioether (sulfide) groups is 1. The number of carbonyl (C=O) groups excluding carboxylic acids is 3. The molecule has 3 atom stereocenters. The minimum Gasteiger partial charge on any atom is -0.496 e. The van der Waals surface area contributed by atoms with Crippen molar-refractivity contribution in [2.45, 2.75) is 33.1 Å². The maximum atomic E-state index is 13.7. The summed E-state index contributed by atoms with van der Waals surface area (Å²) in [5.41, 5.74) is 2.86. The van der Waals surface area contributed by atoms with Gasteiger partial charge in [-0.25, -0.2) is 4.79 Å². The molecule has 2 aliphatic rings. The zero-order chi connectivity index (χ0) is 25.0. The van der Waals surface area contributed by atoms with Gasteiger partial charge in [0.2, 0.25) is 0 Å². The zero-order valence-corrected chi connectivity index (χ0v) is 22.4. The van der Waals surface area contributed by atoms with Crippen LogP contribution in [0.25, 0.3) is 0 Å². The number of ketones is 1. The van der Waals surface area contributed by atoms with Crippen molar-refractivity contribution < 1.29 is 28.6 Å². The molecule has 9 heteroatoms. The predicted octanol–water partition coefficient (Wildman–Crippen LogP) is 4.37. The number of rotatable bonds is 8. The second-order valence-electron chi connectivity index (χ2n) is 8.26. The van der Waals surface area contributed by atoms with Crippen LogP contribution in [0.5, 0.6) is 5.75 Å². The van der Waals surface area contributed by atoms with E-state index >= 15 is 0 Å². The molecule has 34 heavy (non-hydrogen) atoms. The molecule has 184 valence electrons. The van der Waals surface area contributed by atoms with Crippen LogP contribution in [-0.4, -0.2) is 50.1 Å². The van der Waals surface area contributed by atoms with Gasteiger partial charge in [-0.3, -0.25) is 9.59 Å². The molecule has 0 radical (unpaired) electrons. The molecule has 7 nitrogen and oxygen atoms in total. The van der Waals surface area contributed by atoms with Gasteiger partial charge in [-0.15, -0.1) is 0 Å². The van der Waals surface area contributed by atoms with E-state index in [9.17, 15) is 14.4 Å². The fourth-order valence-electron chi connectivity index (χ4n) is 4.56. The normalized spacial score (nSPS) is 22.2. The summed E-state index contributed by atoms with van der Waals surface area (Å²) < 4.78 is 16.6. The molecule has 1 aliphatic carbocycles. The predicted molar refractivity (Wildman–Crippen MR) is 135 cm³/mol. The standard InChI is InChI=1S/C25H30BrNO6S/c1-6-34-10-9-33-25(30)20-14(3)27-17-11-13(2)19(24(29)32-5)23(28)22(17)21(20)15-7-8-18(31-4)16(26)12-15/h7-8,12-13,19,21,27H,6,9-11H2,1-5H3/t13-,19+,21+/m0/s1. The Hall–Kier alpha value is -2.26. The molecule has 1 aromatic carbocycles. The number of hydrogen-bond donors (Lipinski definition) is 1. The van der Waals surface area contributed by atoms with Gasteiger partial charge in [0.25, 0.3) is 0 Å². The first-order valence-electron chi connectivity index (χ1n) is 11.2. The summed E-state index contributed by atoms with van der Waals surface area (Å²) in [6.45, 7) is 5.99. The van der Waals surface area contributed by atoms with E-state index in [0.717, 1.165) is 17.0 Å². The van der Waals surface area contributed by atoms with Crippen LogP contribution in [0.3, 0.4) is 0 Å². The Labute approximate surface area is 212 Å². The molecule has 1 N–H and O–H groups in total. The van der Waals surface area contributed by atoms with Crippen molar-refractivity contribution in [2.24, 2.45) is 11.8 Å². The Bertz CT molecular complexity index is 1050. The number of allylic oxidation sites excluding steroid dienone is 3. The van der Waals surface area contributed by atoms with Gasteiger partial charge in [0.1, 0.15) is 18.3 Å². The summed E-state index contributed by atoms with van der Waals surface area (Å²) in [6, 6.07) is 5.45. The number of ether oxygens (including phenoxy) is 3. The van der Waals surface area contributed by atoms with E-state index in [1.54, 1.807) is 24.9 Å². The van der Waals surface area contributed by atoms with E-state index in [1.807, 2.05) is 32.9 Å². The fraction of sp³-hybridized carbons (Fsp3) is 0.480. The summed E-state index contributed by atoms with van der Waals surface area (Å²) in [5, 5.41) is 3.27. The van der Waals surface area contributed by atoms with E-state index in [-0.39, 0.29) is 18.3 Å². The molecule has 0 saturated carbocycles.